The third-order valence-electron chi connectivity index (χ3n) is 5.86. The lowest BCUT2D eigenvalue weighted by Crippen LogP contribution is -2.31. The normalized spacial score (nSPS) is 10.6. The zero-order valence-corrected chi connectivity index (χ0v) is 21.6. The number of hydrogen-bond acceptors (Lipinski definition) is 9. The molecule has 0 radical (unpaired) electrons. The van der Waals surface area contributed by atoms with Crippen LogP contribution in [-0.4, -0.2) is 52.3 Å². The van der Waals surface area contributed by atoms with Gasteiger partial charge in [0.05, 0.1) is 60.1 Å². The SMILES string of the molecule is COc1cc(CNn2c(-c3cc(OC)c(OC)c(OC)c3)nc3ccccc3c2=O)cc(OC)c1OC. The second-order valence-electron chi connectivity index (χ2n) is 7.88. The lowest BCUT2D eigenvalue weighted by Gasteiger charge is -2.19. The molecule has 0 saturated carbocycles. The molecule has 1 aromatic heterocycles. The lowest BCUT2D eigenvalue weighted by atomic mass is 10.1. The Morgan fingerprint density at radius 2 is 1.24 bits per heavy atom. The minimum Gasteiger partial charge on any atom is -0.493 e. The molecule has 0 spiro atoms. The monoisotopic (exact) mass is 507 g/mol. The van der Waals surface area contributed by atoms with Crippen molar-refractivity contribution < 1.29 is 28.4 Å². The summed E-state index contributed by atoms with van der Waals surface area (Å²) < 4.78 is 34.2. The lowest BCUT2D eigenvalue weighted by molar-refractivity contribution is 0.324. The van der Waals surface area contributed by atoms with Gasteiger partial charge in [0.15, 0.2) is 28.8 Å². The zero-order valence-electron chi connectivity index (χ0n) is 21.6. The molecule has 3 aromatic carbocycles. The Labute approximate surface area is 214 Å². The smallest absolute Gasteiger partial charge is 0.280 e. The van der Waals surface area contributed by atoms with Crippen LogP contribution >= 0.6 is 0 Å². The van der Waals surface area contributed by atoms with Gasteiger partial charge in [0, 0.05) is 5.56 Å². The molecule has 1 N–H and O–H groups in total. The fraction of sp³-hybridized carbons (Fsp3) is 0.259. The fourth-order valence-corrected chi connectivity index (χ4v) is 4.09. The van der Waals surface area contributed by atoms with E-state index in [-0.39, 0.29) is 12.1 Å². The quantitative estimate of drug-likeness (QED) is 0.343. The summed E-state index contributed by atoms with van der Waals surface area (Å²) in [5, 5.41) is 0.469. The summed E-state index contributed by atoms with van der Waals surface area (Å²) in [7, 11) is 9.24. The highest BCUT2D eigenvalue weighted by Gasteiger charge is 2.20. The second kappa shape index (κ2) is 11.0. The van der Waals surface area contributed by atoms with Crippen LogP contribution < -0.4 is 39.4 Å². The van der Waals surface area contributed by atoms with Crippen molar-refractivity contribution in [3.8, 4) is 45.9 Å². The van der Waals surface area contributed by atoms with E-state index in [0.717, 1.165) is 5.56 Å². The van der Waals surface area contributed by atoms with Gasteiger partial charge in [-0.15, -0.1) is 0 Å². The van der Waals surface area contributed by atoms with Crippen molar-refractivity contribution >= 4 is 10.9 Å². The molecule has 0 fully saturated rings. The number of ether oxygens (including phenoxy) is 6. The molecule has 37 heavy (non-hydrogen) atoms. The van der Waals surface area contributed by atoms with Crippen LogP contribution in [0.15, 0.2) is 53.3 Å². The highest BCUT2D eigenvalue weighted by Crippen LogP contribution is 2.41. The maximum Gasteiger partial charge on any atom is 0.280 e. The topological polar surface area (TPSA) is 102 Å². The summed E-state index contributed by atoms with van der Waals surface area (Å²) in [5.41, 5.74) is 4.89. The number of fused-ring (bicyclic) bond motifs is 1. The summed E-state index contributed by atoms with van der Waals surface area (Å²) in [4.78, 5) is 18.4. The molecule has 10 nitrogen and oxygen atoms in total. The zero-order chi connectivity index (χ0) is 26.5. The first kappa shape index (κ1) is 25.5. The Morgan fingerprint density at radius 1 is 0.730 bits per heavy atom. The predicted octanol–water partition coefficient (Wildman–Crippen LogP) is 3.86. The third-order valence-corrected chi connectivity index (χ3v) is 5.86. The van der Waals surface area contributed by atoms with Crippen LogP contribution in [0.1, 0.15) is 5.56 Å². The van der Waals surface area contributed by atoms with Crippen molar-refractivity contribution in [1.29, 1.82) is 0 Å². The van der Waals surface area contributed by atoms with Crippen LogP contribution in [0.3, 0.4) is 0 Å². The number of nitrogens with one attached hydrogen (secondary N) is 1. The van der Waals surface area contributed by atoms with Crippen LogP contribution in [0.5, 0.6) is 34.5 Å². The van der Waals surface area contributed by atoms with Gasteiger partial charge in [-0.05, 0) is 42.0 Å². The van der Waals surface area contributed by atoms with Crippen molar-refractivity contribution in [2.24, 2.45) is 0 Å². The highest BCUT2D eigenvalue weighted by atomic mass is 16.5. The van der Waals surface area contributed by atoms with Gasteiger partial charge < -0.3 is 33.8 Å². The molecule has 0 bridgehead atoms. The number of para-hydroxylation sites is 1. The van der Waals surface area contributed by atoms with Crippen LogP contribution in [-0.2, 0) is 6.54 Å². The van der Waals surface area contributed by atoms with Gasteiger partial charge in [-0.25, -0.2) is 9.66 Å². The maximum absolute atomic E-state index is 13.6. The van der Waals surface area contributed by atoms with Gasteiger partial charge in [0.25, 0.3) is 5.56 Å². The summed E-state index contributed by atoms with van der Waals surface area (Å²) in [6.45, 7) is 0.258. The first-order valence-corrected chi connectivity index (χ1v) is 11.3. The van der Waals surface area contributed by atoms with E-state index in [2.05, 4.69) is 5.43 Å². The first-order chi connectivity index (χ1) is 18.0. The number of aromatic nitrogens is 2. The van der Waals surface area contributed by atoms with Crippen molar-refractivity contribution in [1.82, 2.24) is 9.66 Å². The van der Waals surface area contributed by atoms with E-state index in [1.165, 1.54) is 26.0 Å². The molecule has 0 saturated heterocycles. The molecule has 0 aliphatic carbocycles. The summed E-state index contributed by atoms with van der Waals surface area (Å²) in [5.74, 6) is 3.19. The summed E-state index contributed by atoms with van der Waals surface area (Å²) in [6.07, 6.45) is 0. The van der Waals surface area contributed by atoms with E-state index >= 15 is 0 Å². The van der Waals surface area contributed by atoms with E-state index in [4.69, 9.17) is 33.4 Å². The fourth-order valence-electron chi connectivity index (χ4n) is 4.09. The van der Waals surface area contributed by atoms with E-state index in [1.807, 2.05) is 18.2 Å². The first-order valence-electron chi connectivity index (χ1n) is 11.3. The molecule has 0 unspecified atom stereocenters. The average molecular weight is 508 g/mol. The van der Waals surface area contributed by atoms with Gasteiger partial charge in [0.1, 0.15) is 0 Å². The van der Waals surface area contributed by atoms with Crippen molar-refractivity contribution in [3.05, 3.63) is 64.4 Å². The number of hydrogen-bond donors (Lipinski definition) is 1. The van der Waals surface area contributed by atoms with E-state index < -0.39 is 0 Å². The van der Waals surface area contributed by atoms with Crippen LogP contribution in [0.4, 0.5) is 0 Å². The molecule has 4 rings (SSSR count). The molecular weight excluding hydrogens is 478 g/mol. The number of rotatable bonds is 10. The van der Waals surface area contributed by atoms with Crippen molar-refractivity contribution in [2.45, 2.75) is 6.54 Å². The molecule has 4 aromatic rings. The minimum atomic E-state index is -0.262. The molecule has 10 heteroatoms. The summed E-state index contributed by atoms with van der Waals surface area (Å²) >= 11 is 0. The highest BCUT2D eigenvalue weighted by molar-refractivity contribution is 5.80. The van der Waals surface area contributed by atoms with Gasteiger partial charge in [-0.3, -0.25) is 4.79 Å². The van der Waals surface area contributed by atoms with Gasteiger partial charge in [0.2, 0.25) is 11.5 Å². The van der Waals surface area contributed by atoms with E-state index in [0.29, 0.717) is 56.8 Å². The Bertz CT molecular complexity index is 1430. The predicted molar refractivity (Wildman–Crippen MR) is 140 cm³/mol. The van der Waals surface area contributed by atoms with Crippen LogP contribution in [0.25, 0.3) is 22.3 Å². The van der Waals surface area contributed by atoms with E-state index in [9.17, 15) is 4.79 Å². The molecule has 1 heterocycles. The molecule has 194 valence electrons. The molecule has 0 aliphatic rings. The standard InChI is InChI=1S/C27H29N3O7/c1-32-20-11-16(12-21(33-2)24(20)36-5)15-28-30-26(29-19-10-8-7-9-18(19)27(30)31)17-13-22(34-3)25(37-6)23(14-17)35-4/h7-14,28H,15H2,1-6H3. The number of methoxy groups -OCH3 is 6. The number of benzene rings is 3. The van der Waals surface area contributed by atoms with Gasteiger partial charge in [-0.2, -0.15) is 0 Å². The van der Waals surface area contributed by atoms with Gasteiger partial charge >= 0.3 is 0 Å². The Balaban J connectivity index is 1.87. The van der Waals surface area contributed by atoms with Crippen molar-refractivity contribution in [3.63, 3.8) is 0 Å². The van der Waals surface area contributed by atoms with Crippen molar-refractivity contribution in [2.75, 3.05) is 48.1 Å². The molecular formula is C27H29N3O7. The van der Waals surface area contributed by atoms with E-state index in [1.54, 1.807) is 51.7 Å². The number of nitrogens with zero attached hydrogens (tertiary/aromatic N) is 2. The Kier molecular flexibility index (Phi) is 7.57. The largest absolute Gasteiger partial charge is 0.493 e. The molecule has 0 amide bonds. The third kappa shape index (κ3) is 4.77. The summed E-state index contributed by atoms with van der Waals surface area (Å²) in [6, 6.07) is 14.3. The second-order valence-corrected chi connectivity index (χ2v) is 7.88. The average Bonchev–Trinajstić information content (AvgIpc) is 2.94. The Morgan fingerprint density at radius 3 is 1.76 bits per heavy atom. The molecule has 0 aliphatic heterocycles. The minimum absolute atomic E-state index is 0.258. The maximum atomic E-state index is 13.6. The van der Waals surface area contributed by atoms with Gasteiger partial charge in [-0.1, -0.05) is 12.1 Å². The van der Waals surface area contributed by atoms with Crippen LogP contribution in [0, 0.1) is 0 Å². The molecule has 0 atom stereocenters. The van der Waals surface area contributed by atoms with Crippen LogP contribution in [0.2, 0.25) is 0 Å². The Hall–Kier alpha value is -4.60.